The molecule has 21 heavy (non-hydrogen) atoms. The van der Waals surface area contributed by atoms with Crippen molar-refractivity contribution < 1.29 is 0 Å². The maximum Gasteiger partial charge on any atom is 0.224 e. The maximum atomic E-state index is 9.39. The molecule has 3 aromatic rings. The van der Waals surface area contributed by atoms with Crippen molar-refractivity contribution in [2.75, 3.05) is 12.4 Å². The molecule has 0 aliphatic rings. The molecule has 0 saturated heterocycles. The lowest BCUT2D eigenvalue weighted by Crippen LogP contribution is -1.99. The van der Waals surface area contributed by atoms with Crippen LogP contribution in [0, 0.1) is 18.3 Å². The molecule has 0 fully saturated rings. The molecule has 0 atom stereocenters. The van der Waals surface area contributed by atoms with Gasteiger partial charge in [0, 0.05) is 24.2 Å². The summed E-state index contributed by atoms with van der Waals surface area (Å²) in [5.74, 6) is 0.488. The van der Waals surface area contributed by atoms with E-state index in [-0.39, 0.29) is 0 Å². The molecule has 0 spiro atoms. The Morgan fingerprint density at radius 1 is 1.14 bits per heavy atom. The first-order valence-electron chi connectivity index (χ1n) is 6.54. The van der Waals surface area contributed by atoms with Gasteiger partial charge in [-0.3, -0.25) is 0 Å². The van der Waals surface area contributed by atoms with E-state index in [1.807, 2.05) is 37.3 Å². The number of pyridine rings is 1. The third kappa shape index (κ3) is 2.28. The Hall–Kier alpha value is -3.00. The topological polar surface area (TPSA) is 74.5 Å². The van der Waals surface area contributed by atoms with Gasteiger partial charge in [0.1, 0.15) is 6.07 Å². The van der Waals surface area contributed by atoms with Crippen molar-refractivity contribution in [3.63, 3.8) is 0 Å². The summed E-state index contributed by atoms with van der Waals surface area (Å²) in [6.45, 7) is 2.02. The minimum atomic E-state index is 0.373. The zero-order valence-electron chi connectivity index (χ0n) is 11.8. The first-order valence-corrected chi connectivity index (χ1v) is 6.54. The van der Waals surface area contributed by atoms with E-state index in [9.17, 15) is 5.26 Å². The monoisotopic (exact) mass is 275 g/mol. The summed E-state index contributed by atoms with van der Waals surface area (Å²) >= 11 is 0. The average molecular weight is 275 g/mol. The second-order valence-electron chi connectivity index (χ2n) is 4.67. The minimum Gasteiger partial charge on any atom is -0.357 e. The molecule has 3 rings (SSSR count). The van der Waals surface area contributed by atoms with Crippen LogP contribution in [-0.4, -0.2) is 22.0 Å². The first kappa shape index (κ1) is 13.0. The van der Waals surface area contributed by atoms with E-state index in [0.717, 1.165) is 22.1 Å². The summed E-state index contributed by atoms with van der Waals surface area (Å²) in [6.07, 6.45) is 1.71. The fourth-order valence-electron chi connectivity index (χ4n) is 2.25. The van der Waals surface area contributed by atoms with Gasteiger partial charge in [-0.25, -0.2) is 9.97 Å². The number of nitrogens with zero attached hydrogens (tertiary/aromatic N) is 4. The van der Waals surface area contributed by atoms with Gasteiger partial charge in [0.15, 0.2) is 11.3 Å². The van der Waals surface area contributed by atoms with Crippen molar-refractivity contribution >= 4 is 17.0 Å². The van der Waals surface area contributed by atoms with Crippen LogP contribution in [0.5, 0.6) is 0 Å². The summed E-state index contributed by atoms with van der Waals surface area (Å²) in [5.41, 5.74) is 3.80. The van der Waals surface area contributed by atoms with E-state index in [1.54, 1.807) is 13.2 Å². The summed E-state index contributed by atoms with van der Waals surface area (Å²) in [5, 5.41) is 13.1. The van der Waals surface area contributed by atoms with Crippen LogP contribution in [-0.2, 0) is 0 Å². The number of fused-ring (bicyclic) bond motifs is 1. The van der Waals surface area contributed by atoms with Crippen LogP contribution in [0.4, 0.5) is 5.95 Å². The fourth-order valence-corrected chi connectivity index (χ4v) is 2.25. The molecule has 5 heteroatoms. The highest BCUT2D eigenvalue weighted by atomic mass is 15.1. The van der Waals surface area contributed by atoms with Crippen molar-refractivity contribution in [2.24, 2.45) is 0 Å². The van der Waals surface area contributed by atoms with Crippen LogP contribution >= 0.6 is 0 Å². The molecule has 0 radical (unpaired) electrons. The normalized spacial score (nSPS) is 10.3. The third-order valence-corrected chi connectivity index (χ3v) is 3.33. The number of hydrogen-bond acceptors (Lipinski definition) is 5. The van der Waals surface area contributed by atoms with E-state index < -0.39 is 0 Å². The number of aromatic nitrogens is 3. The number of nitrogens with one attached hydrogen (secondary N) is 1. The first-order chi connectivity index (χ1) is 10.2. The molecule has 102 valence electrons. The maximum absolute atomic E-state index is 9.39. The molecule has 2 aromatic heterocycles. The lowest BCUT2D eigenvalue weighted by molar-refractivity contribution is 1.16. The molecule has 2 heterocycles. The van der Waals surface area contributed by atoms with Gasteiger partial charge in [0.2, 0.25) is 5.95 Å². The van der Waals surface area contributed by atoms with E-state index in [1.165, 1.54) is 0 Å². The lowest BCUT2D eigenvalue weighted by Gasteiger charge is -2.09. The van der Waals surface area contributed by atoms with Crippen LogP contribution < -0.4 is 5.32 Å². The number of anilines is 1. The molecule has 1 N–H and O–H groups in total. The number of aryl methyl sites for hydroxylation is 1. The quantitative estimate of drug-likeness (QED) is 0.778. The van der Waals surface area contributed by atoms with E-state index in [2.05, 4.69) is 26.3 Å². The molecular formula is C16H13N5. The predicted molar refractivity (Wildman–Crippen MR) is 81.8 cm³/mol. The van der Waals surface area contributed by atoms with E-state index in [0.29, 0.717) is 17.3 Å². The van der Waals surface area contributed by atoms with Crippen LogP contribution in [0.25, 0.3) is 22.2 Å². The van der Waals surface area contributed by atoms with Crippen LogP contribution in [0.1, 0.15) is 11.3 Å². The molecule has 1 aromatic carbocycles. The highest BCUT2D eigenvalue weighted by molar-refractivity contribution is 5.84. The predicted octanol–water partition coefficient (Wildman–Crippen LogP) is 2.91. The van der Waals surface area contributed by atoms with Gasteiger partial charge >= 0.3 is 0 Å². The van der Waals surface area contributed by atoms with Crippen molar-refractivity contribution in [1.82, 2.24) is 15.0 Å². The molecule has 5 nitrogen and oxygen atoms in total. The van der Waals surface area contributed by atoms with Crippen LogP contribution in [0.2, 0.25) is 0 Å². The van der Waals surface area contributed by atoms with Gasteiger partial charge < -0.3 is 5.32 Å². The number of hydrogen-bond donors (Lipinski definition) is 1. The SMILES string of the molecule is CNc1ncc2cc(-c3ccccc3C)c(C#N)nc2n1. The van der Waals surface area contributed by atoms with Gasteiger partial charge in [-0.15, -0.1) is 0 Å². The highest BCUT2D eigenvalue weighted by Crippen LogP contribution is 2.28. The minimum absolute atomic E-state index is 0.373. The summed E-state index contributed by atoms with van der Waals surface area (Å²) in [4.78, 5) is 12.8. The van der Waals surface area contributed by atoms with Crippen molar-refractivity contribution in [1.29, 1.82) is 5.26 Å². The van der Waals surface area contributed by atoms with E-state index >= 15 is 0 Å². The zero-order chi connectivity index (χ0) is 14.8. The molecule has 0 unspecified atom stereocenters. The average Bonchev–Trinajstić information content (AvgIpc) is 2.53. The Kier molecular flexibility index (Phi) is 3.20. The van der Waals surface area contributed by atoms with Gasteiger partial charge in [-0.2, -0.15) is 10.2 Å². The Labute approximate surface area is 122 Å². The van der Waals surface area contributed by atoms with Crippen molar-refractivity contribution in [3.8, 4) is 17.2 Å². The van der Waals surface area contributed by atoms with Crippen molar-refractivity contribution in [3.05, 3.63) is 47.8 Å². The Morgan fingerprint density at radius 2 is 1.95 bits per heavy atom. The third-order valence-electron chi connectivity index (χ3n) is 3.33. The molecule has 0 aliphatic carbocycles. The second kappa shape index (κ2) is 5.17. The largest absolute Gasteiger partial charge is 0.357 e. The zero-order valence-corrected chi connectivity index (χ0v) is 11.8. The fraction of sp³-hybridized carbons (Fsp3) is 0.125. The summed E-state index contributed by atoms with van der Waals surface area (Å²) in [7, 11) is 1.74. The van der Waals surface area contributed by atoms with Crippen LogP contribution in [0.3, 0.4) is 0 Å². The van der Waals surface area contributed by atoms with Crippen LogP contribution in [0.15, 0.2) is 36.5 Å². The number of nitriles is 1. The smallest absolute Gasteiger partial charge is 0.224 e. The molecule has 0 amide bonds. The number of rotatable bonds is 2. The lowest BCUT2D eigenvalue weighted by atomic mass is 9.99. The molecule has 0 bridgehead atoms. The molecule has 0 aliphatic heterocycles. The van der Waals surface area contributed by atoms with Gasteiger partial charge in [-0.05, 0) is 24.1 Å². The summed E-state index contributed by atoms with van der Waals surface area (Å²) in [6, 6.07) is 12.0. The van der Waals surface area contributed by atoms with Gasteiger partial charge in [0.25, 0.3) is 0 Å². The Morgan fingerprint density at radius 3 is 2.67 bits per heavy atom. The van der Waals surface area contributed by atoms with Gasteiger partial charge in [-0.1, -0.05) is 24.3 Å². The summed E-state index contributed by atoms with van der Waals surface area (Å²) < 4.78 is 0. The molecular weight excluding hydrogens is 262 g/mol. The van der Waals surface area contributed by atoms with Crippen molar-refractivity contribution in [2.45, 2.75) is 6.92 Å². The highest BCUT2D eigenvalue weighted by Gasteiger charge is 2.12. The second-order valence-corrected chi connectivity index (χ2v) is 4.67. The Balaban J connectivity index is 2.29. The number of benzene rings is 1. The van der Waals surface area contributed by atoms with E-state index in [4.69, 9.17) is 0 Å². The standard InChI is InChI=1S/C16H13N5/c1-10-5-3-4-6-12(10)13-7-11-9-19-16(18-2)21-15(11)20-14(13)8-17/h3-7,9H,1-2H3,(H,18,19,20,21). The Bertz CT molecular complexity index is 864. The van der Waals surface area contributed by atoms with Gasteiger partial charge in [0.05, 0.1) is 0 Å². The molecule has 0 saturated carbocycles.